The fraction of sp³-hybridized carbons (Fsp3) is 0.333. The molecule has 0 radical (unpaired) electrons. The summed E-state index contributed by atoms with van der Waals surface area (Å²) in [6.07, 6.45) is -14.1. The van der Waals surface area contributed by atoms with Crippen LogP contribution in [0.2, 0.25) is 0 Å². The SMILES string of the molecule is CSCCNC(=O)c1ccc(C2=NOC(c3cc(C(F)(F)F)cc(C(F)(F)F)c3)(C(F)(F)F)C2)c2cccn12. The molecule has 1 aliphatic heterocycles. The number of alkyl halides is 9. The van der Waals surface area contributed by atoms with Gasteiger partial charge >= 0.3 is 18.5 Å². The summed E-state index contributed by atoms with van der Waals surface area (Å²) in [5, 5.41) is 6.16. The Bertz CT molecular complexity index is 1390. The summed E-state index contributed by atoms with van der Waals surface area (Å²) in [6, 6.07) is 5.28. The monoisotopic (exact) mass is 583 g/mol. The maximum Gasteiger partial charge on any atom is 0.435 e. The molecule has 0 bridgehead atoms. The zero-order valence-electron chi connectivity index (χ0n) is 19.8. The molecule has 2 aromatic heterocycles. The van der Waals surface area contributed by atoms with Gasteiger partial charge in [0, 0.05) is 29.6 Å². The van der Waals surface area contributed by atoms with Crippen LogP contribution in [0.3, 0.4) is 0 Å². The lowest BCUT2D eigenvalue weighted by Gasteiger charge is -2.30. The van der Waals surface area contributed by atoms with Crippen LogP contribution in [0.1, 0.15) is 39.2 Å². The van der Waals surface area contributed by atoms with Gasteiger partial charge < -0.3 is 14.6 Å². The number of nitrogens with one attached hydrogen (secondary N) is 1. The van der Waals surface area contributed by atoms with E-state index >= 15 is 0 Å². The van der Waals surface area contributed by atoms with E-state index in [1.807, 2.05) is 6.26 Å². The molecule has 0 spiro atoms. The van der Waals surface area contributed by atoms with E-state index in [0.29, 0.717) is 12.3 Å². The number of hydrogen-bond acceptors (Lipinski definition) is 4. The number of hydrogen-bond donors (Lipinski definition) is 1. The van der Waals surface area contributed by atoms with Crippen LogP contribution < -0.4 is 5.32 Å². The minimum atomic E-state index is -5.46. The summed E-state index contributed by atoms with van der Waals surface area (Å²) in [7, 11) is 0. The van der Waals surface area contributed by atoms with Crippen LogP contribution in [0.4, 0.5) is 39.5 Å². The van der Waals surface area contributed by atoms with E-state index in [1.165, 1.54) is 46.6 Å². The number of pyridine rings is 1. The lowest BCUT2D eigenvalue weighted by Crippen LogP contribution is -2.43. The van der Waals surface area contributed by atoms with Gasteiger partial charge in [-0.05, 0) is 48.7 Å². The van der Waals surface area contributed by atoms with Crippen molar-refractivity contribution >= 4 is 28.9 Å². The molecule has 4 rings (SSSR count). The van der Waals surface area contributed by atoms with Crippen molar-refractivity contribution in [1.29, 1.82) is 0 Å². The van der Waals surface area contributed by atoms with Crippen LogP contribution in [-0.2, 0) is 22.8 Å². The molecule has 0 fully saturated rings. The first-order valence-corrected chi connectivity index (χ1v) is 12.5. The summed E-state index contributed by atoms with van der Waals surface area (Å²) in [5.41, 5.74) is -8.81. The average Bonchev–Trinajstić information content (AvgIpc) is 3.50. The van der Waals surface area contributed by atoms with E-state index in [-0.39, 0.29) is 40.7 Å². The van der Waals surface area contributed by atoms with Crippen molar-refractivity contribution in [3.05, 3.63) is 76.6 Å². The van der Waals surface area contributed by atoms with Crippen molar-refractivity contribution < 1.29 is 49.1 Å². The third kappa shape index (κ3) is 5.40. The molecule has 1 atom stereocenters. The zero-order chi connectivity index (χ0) is 28.8. The van der Waals surface area contributed by atoms with Gasteiger partial charge in [0.05, 0.1) is 28.8 Å². The van der Waals surface area contributed by atoms with Gasteiger partial charge in [-0.25, -0.2) is 0 Å². The Kier molecular flexibility index (Phi) is 7.34. The zero-order valence-corrected chi connectivity index (χ0v) is 20.6. The van der Waals surface area contributed by atoms with E-state index in [0.717, 1.165) is 0 Å². The Balaban J connectivity index is 1.78. The first-order valence-electron chi connectivity index (χ1n) is 11.1. The summed E-state index contributed by atoms with van der Waals surface area (Å²) < 4.78 is 125. The van der Waals surface area contributed by atoms with E-state index in [1.54, 1.807) is 0 Å². The summed E-state index contributed by atoms with van der Waals surface area (Å²) >= 11 is 1.50. The Labute approximate surface area is 219 Å². The van der Waals surface area contributed by atoms with E-state index < -0.39 is 53.1 Å². The van der Waals surface area contributed by atoms with Crippen molar-refractivity contribution in [2.45, 2.75) is 30.6 Å². The molecule has 210 valence electrons. The highest BCUT2D eigenvalue weighted by molar-refractivity contribution is 7.98. The lowest BCUT2D eigenvalue weighted by molar-refractivity contribution is -0.276. The molecule has 1 N–H and O–H groups in total. The molecule has 1 aliphatic rings. The second kappa shape index (κ2) is 9.99. The number of amides is 1. The molecule has 0 saturated heterocycles. The van der Waals surface area contributed by atoms with Gasteiger partial charge in [0.25, 0.3) is 11.5 Å². The van der Waals surface area contributed by atoms with Gasteiger partial charge in [0.15, 0.2) is 0 Å². The van der Waals surface area contributed by atoms with Crippen LogP contribution in [0.25, 0.3) is 5.52 Å². The van der Waals surface area contributed by atoms with Gasteiger partial charge in [-0.15, -0.1) is 0 Å². The van der Waals surface area contributed by atoms with Crippen LogP contribution in [0.5, 0.6) is 0 Å². The number of oxime groups is 1. The van der Waals surface area contributed by atoms with Gasteiger partial charge in [-0.1, -0.05) is 5.16 Å². The maximum atomic E-state index is 14.4. The standard InChI is InChI=1S/C24H18F9N3O2S/c1-39-8-6-34-20(37)19-5-4-16(18-3-2-7-36(18)19)17-12-21(38-35-17,24(31,32)33)13-9-14(22(25,26)27)11-15(10-13)23(28,29)30/h2-5,7,9-11H,6,8,12H2,1H3,(H,34,37). The number of carbonyl (C=O) groups excluding carboxylic acids is 1. The van der Waals surface area contributed by atoms with Crippen LogP contribution >= 0.6 is 11.8 Å². The van der Waals surface area contributed by atoms with Crippen molar-refractivity contribution in [3.63, 3.8) is 0 Å². The number of thioether (sulfide) groups is 1. The highest BCUT2D eigenvalue weighted by Crippen LogP contribution is 2.51. The second-order valence-corrected chi connectivity index (χ2v) is 9.56. The predicted octanol–water partition coefficient (Wildman–Crippen LogP) is 6.65. The van der Waals surface area contributed by atoms with E-state index in [2.05, 4.69) is 10.5 Å². The third-order valence-corrected chi connectivity index (χ3v) is 6.68. The summed E-state index contributed by atoms with van der Waals surface area (Å²) in [6.45, 7) is 0.357. The number of halogens is 9. The number of fused-ring (bicyclic) bond motifs is 1. The molecular weight excluding hydrogens is 565 g/mol. The molecule has 15 heteroatoms. The van der Waals surface area contributed by atoms with Crippen molar-refractivity contribution in [2.75, 3.05) is 18.6 Å². The molecule has 3 heterocycles. The van der Waals surface area contributed by atoms with Crippen molar-refractivity contribution in [2.24, 2.45) is 5.16 Å². The highest BCUT2D eigenvalue weighted by atomic mass is 32.2. The molecule has 3 aromatic rings. The number of aromatic nitrogens is 1. The van der Waals surface area contributed by atoms with Gasteiger partial charge in [-0.2, -0.15) is 51.3 Å². The summed E-state index contributed by atoms with van der Waals surface area (Å²) in [4.78, 5) is 17.3. The first kappa shape index (κ1) is 28.6. The van der Waals surface area contributed by atoms with E-state index in [4.69, 9.17) is 4.84 Å². The van der Waals surface area contributed by atoms with E-state index in [9.17, 15) is 44.3 Å². The Morgan fingerprint density at radius 1 is 1.03 bits per heavy atom. The molecule has 39 heavy (non-hydrogen) atoms. The largest absolute Gasteiger partial charge is 0.435 e. The molecule has 0 aliphatic carbocycles. The van der Waals surface area contributed by atoms with Crippen LogP contribution in [0, 0.1) is 0 Å². The molecule has 0 saturated carbocycles. The average molecular weight is 583 g/mol. The van der Waals surface area contributed by atoms with Crippen LogP contribution in [0.15, 0.2) is 53.8 Å². The third-order valence-electron chi connectivity index (χ3n) is 6.07. The minimum absolute atomic E-state index is 0.0178. The topological polar surface area (TPSA) is 55.1 Å². The normalized spacial score (nSPS) is 18.3. The Morgan fingerprint density at radius 2 is 1.67 bits per heavy atom. The fourth-order valence-electron chi connectivity index (χ4n) is 4.16. The number of nitrogens with zero attached hydrogens (tertiary/aromatic N) is 2. The quantitative estimate of drug-likeness (QED) is 0.261. The van der Waals surface area contributed by atoms with Gasteiger partial charge in [-0.3, -0.25) is 4.79 Å². The minimum Gasteiger partial charge on any atom is -0.374 e. The molecule has 1 amide bonds. The molecular formula is C24H18F9N3O2S. The molecule has 5 nitrogen and oxygen atoms in total. The smallest absolute Gasteiger partial charge is 0.374 e. The second-order valence-electron chi connectivity index (χ2n) is 8.57. The fourth-order valence-corrected chi connectivity index (χ4v) is 4.47. The Morgan fingerprint density at radius 3 is 2.23 bits per heavy atom. The van der Waals surface area contributed by atoms with Crippen molar-refractivity contribution in [1.82, 2.24) is 9.72 Å². The van der Waals surface area contributed by atoms with Crippen molar-refractivity contribution in [3.8, 4) is 0 Å². The highest BCUT2D eigenvalue weighted by Gasteiger charge is 2.63. The maximum absolute atomic E-state index is 14.4. The van der Waals surface area contributed by atoms with Crippen LogP contribution in [-0.4, -0.2) is 40.7 Å². The first-order chi connectivity index (χ1) is 18.1. The van der Waals surface area contributed by atoms with Gasteiger partial charge in [0.2, 0.25) is 0 Å². The summed E-state index contributed by atoms with van der Waals surface area (Å²) in [5.74, 6) is 0.174. The lowest BCUT2D eigenvalue weighted by atomic mass is 9.84. The number of benzene rings is 1. The Hall–Kier alpha value is -3.36. The molecule has 1 unspecified atom stereocenters. The predicted molar refractivity (Wildman–Crippen MR) is 125 cm³/mol. The number of carbonyl (C=O) groups is 1. The van der Waals surface area contributed by atoms with Gasteiger partial charge in [0.1, 0.15) is 5.69 Å². The molecule has 1 aromatic carbocycles. The number of rotatable bonds is 6.